The Morgan fingerprint density at radius 3 is 2.30 bits per heavy atom. The number of allylic oxidation sites excluding steroid dienone is 1. The summed E-state index contributed by atoms with van der Waals surface area (Å²) in [5.41, 5.74) is 0. The summed E-state index contributed by atoms with van der Waals surface area (Å²) in [4.78, 5) is 16.5. The zero-order chi connectivity index (χ0) is 8.41. The molecule has 0 heterocycles. The average molecular weight is 163 g/mol. The minimum Gasteiger partial charge on any atom is -0.344 e. The van der Waals surface area contributed by atoms with Crippen LogP contribution in [0.2, 0.25) is 0 Å². The number of isocyanates is 1. The fourth-order valence-electron chi connectivity index (χ4n) is 0.219. The standard InChI is InChI=1S/C4H9O2P.CHNO/c1-2-3-4-7(5)6;2-1-3/h3-4,7H,2H2,1H3,(H,5,6);2H. The van der Waals surface area contributed by atoms with Gasteiger partial charge in [-0.3, -0.25) is 4.57 Å². The molecule has 0 amide bonds. The van der Waals surface area contributed by atoms with E-state index in [1.165, 1.54) is 5.82 Å². The molecule has 0 aromatic rings. The van der Waals surface area contributed by atoms with E-state index in [0.29, 0.717) is 0 Å². The Bertz CT molecular complexity index is 149. The summed E-state index contributed by atoms with van der Waals surface area (Å²) in [5, 5.41) is 5.40. The maximum Gasteiger partial charge on any atom is 0.231 e. The van der Waals surface area contributed by atoms with Crippen molar-refractivity contribution in [2.24, 2.45) is 0 Å². The first-order chi connectivity index (χ1) is 4.68. The molecule has 0 aliphatic rings. The topological polar surface area (TPSA) is 78.2 Å². The highest BCUT2D eigenvalue weighted by atomic mass is 31.1. The van der Waals surface area contributed by atoms with Crippen LogP contribution in [0.25, 0.3) is 0 Å². The summed E-state index contributed by atoms with van der Waals surface area (Å²) in [7, 11) is -2.33. The molecule has 1 atom stereocenters. The fourth-order valence-corrected chi connectivity index (χ4v) is 0.656. The Morgan fingerprint density at radius 1 is 1.80 bits per heavy atom. The third-order valence-corrected chi connectivity index (χ3v) is 1.02. The zero-order valence-corrected chi connectivity index (χ0v) is 6.63. The Hall–Kier alpha value is -0.690. The van der Waals surface area contributed by atoms with Gasteiger partial charge in [0, 0.05) is 0 Å². The molecule has 0 saturated heterocycles. The van der Waals surface area contributed by atoms with Crippen LogP contribution in [0.3, 0.4) is 0 Å². The molecular formula is C5H10NO3P. The maximum atomic E-state index is 9.86. The molecule has 0 aromatic carbocycles. The van der Waals surface area contributed by atoms with E-state index in [0.717, 1.165) is 12.5 Å². The van der Waals surface area contributed by atoms with Gasteiger partial charge in [0.05, 0.1) is 0 Å². The van der Waals surface area contributed by atoms with Gasteiger partial charge in [0.15, 0.2) is 0 Å². The van der Waals surface area contributed by atoms with Gasteiger partial charge in [0.25, 0.3) is 0 Å². The lowest BCUT2D eigenvalue weighted by molar-refractivity contribution is 0.512. The molecular weight excluding hydrogens is 153 g/mol. The second-order valence-corrected chi connectivity index (χ2v) is 2.26. The molecule has 4 nitrogen and oxygen atoms in total. The second-order valence-electron chi connectivity index (χ2n) is 1.25. The molecule has 0 aliphatic heterocycles. The van der Waals surface area contributed by atoms with Crippen molar-refractivity contribution in [3.8, 4) is 0 Å². The predicted octanol–water partition coefficient (Wildman–Crippen LogP) is 1.28. The van der Waals surface area contributed by atoms with Gasteiger partial charge < -0.3 is 4.89 Å². The Labute approximate surface area is 59.9 Å². The summed E-state index contributed by atoms with van der Waals surface area (Å²) >= 11 is 0. The molecule has 0 bridgehead atoms. The van der Waals surface area contributed by atoms with E-state index < -0.39 is 8.03 Å². The first kappa shape index (κ1) is 12.0. The highest BCUT2D eigenvalue weighted by Gasteiger charge is 1.74. The minimum atomic E-state index is -2.33. The van der Waals surface area contributed by atoms with Crippen LogP contribution in [0.1, 0.15) is 13.3 Å². The van der Waals surface area contributed by atoms with Crippen molar-refractivity contribution >= 4 is 14.1 Å². The minimum absolute atomic E-state index is 0.750. The molecule has 0 aliphatic carbocycles. The normalized spacial score (nSPS) is 11.4. The third kappa shape index (κ3) is 26.6. The van der Waals surface area contributed by atoms with Crippen molar-refractivity contribution in [1.82, 2.24) is 0 Å². The van der Waals surface area contributed by atoms with E-state index in [1.807, 2.05) is 6.92 Å². The monoisotopic (exact) mass is 163 g/mol. The number of carbonyl (C=O) groups excluding carboxylic acids is 1. The summed E-state index contributed by atoms with van der Waals surface area (Å²) in [6.07, 6.45) is 3.26. The molecule has 0 rings (SSSR count). The number of rotatable bonds is 2. The van der Waals surface area contributed by atoms with E-state index in [4.69, 9.17) is 15.1 Å². The Balaban J connectivity index is 0. The van der Waals surface area contributed by atoms with Gasteiger partial charge in [-0.1, -0.05) is 13.0 Å². The molecule has 2 N–H and O–H groups in total. The first-order valence-electron chi connectivity index (χ1n) is 2.62. The molecule has 0 saturated carbocycles. The van der Waals surface area contributed by atoms with E-state index in [2.05, 4.69) is 0 Å². The molecule has 58 valence electrons. The first-order valence-corrected chi connectivity index (χ1v) is 4.05. The van der Waals surface area contributed by atoms with E-state index in [-0.39, 0.29) is 0 Å². The lowest BCUT2D eigenvalue weighted by Gasteiger charge is -1.75. The van der Waals surface area contributed by atoms with Gasteiger partial charge in [0.1, 0.15) is 0 Å². The quantitative estimate of drug-likeness (QED) is 0.365. The largest absolute Gasteiger partial charge is 0.344 e. The van der Waals surface area contributed by atoms with Gasteiger partial charge in [-0.15, -0.1) is 0 Å². The molecule has 5 heteroatoms. The van der Waals surface area contributed by atoms with Gasteiger partial charge in [-0.2, -0.15) is 0 Å². The molecule has 0 spiro atoms. The second kappa shape index (κ2) is 11.2. The van der Waals surface area contributed by atoms with Crippen LogP contribution in [0.5, 0.6) is 0 Å². The number of hydrogen-bond donors (Lipinski definition) is 2. The van der Waals surface area contributed by atoms with Gasteiger partial charge >= 0.3 is 0 Å². The van der Waals surface area contributed by atoms with E-state index in [9.17, 15) is 4.57 Å². The lowest BCUT2D eigenvalue weighted by Crippen LogP contribution is -1.48. The highest BCUT2D eigenvalue weighted by molar-refractivity contribution is 7.41. The lowest BCUT2D eigenvalue weighted by atomic mass is 10.5. The fraction of sp³-hybridized carbons (Fsp3) is 0.400. The molecule has 0 radical (unpaired) electrons. The van der Waals surface area contributed by atoms with Crippen molar-refractivity contribution in [2.45, 2.75) is 13.3 Å². The summed E-state index contributed by atoms with van der Waals surface area (Å²) in [5.74, 6) is 1.32. The van der Waals surface area contributed by atoms with Crippen LogP contribution in [0, 0.1) is 5.41 Å². The van der Waals surface area contributed by atoms with Crippen LogP contribution in [0.15, 0.2) is 11.9 Å². The van der Waals surface area contributed by atoms with Gasteiger partial charge in [0.2, 0.25) is 14.1 Å². The van der Waals surface area contributed by atoms with Crippen molar-refractivity contribution in [3.63, 3.8) is 0 Å². The summed E-state index contributed by atoms with van der Waals surface area (Å²) < 4.78 is 9.86. The van der Waals surface area contributed by atoms with Crippen LogP contribution in [-0.2, 0) is 9.36 Å². The molecule has 0 aromatic heterocycles. The van der Waals surface area contributed by atoms with Crippen molar-refractivity contribution in [3.05, 3.63) is 11.9 Å². The average Bonchev–Trinajstić information content (AvgIpc) is 1.85. The number of hydrogen-bond acceptors (Lipinski definition) is 3. The maximum absolute atomic E-state index is 9.86. The van der Waals surface area contributed by atoms with Crippen molar-refractivity contribution in [1.29, 1.82) is 5.41 Å². The predicted molar refractivity (Wildman–Crippen MR) is 39.1 cm³/mol. The van der Waals surface area contributed by atoms with Crippen molar-refractivity contribution in [2.75, 3.05) is 0 Å². The van der Waals surface area contributed by atoms with Gasteiger partial charge in [-0.05, 0) is 12.2 Å². The third-order valence-electron chi connectivity index (χ3n) is 0.496. The van der Waals surface area contributed by atoms with Crippen LogP contribution < -0.4 is 0 Å². The summed E-state index contributed by atoms with van der Waals surface area (Å²) in [6, 6.07) is 0. The smallest absolute Gasteiger partial charge is 0.231 e. The van der Waals surface area contributed by atoms with Crippen LogP contribution >= 0.6 is 8.03 Å². The van der Waals surface area contributed by atoms with Crippen molar-refractivity contribution < 1.29 is 14.3 Å². The van der Waals surface area contributed by atoms with Crippen LogP contribution in [0.4, 0.5) is 0 Å². The number of nitrogens with one attached hydrogen (secondary N) is 1. The zero-order valence-electron chi connectivity index (χ0n) is 5.63. The van der Waals surface area contributed by atoms with Gasteiger partial charge in [-0.25, -0.2) is 10.2 Å². The Morgan fingerprint density at radius 2 is 2.20 bits per heavy atom. The van der Waals surface area contributed by atoms with Crippen LogP contribution in [-0.4, -0.2) is 11.0 Å². The molecule has 0 fully saturated rings. The summed E-state index contributed by atoms with van der Waals surface area (Å²) in [6.45, 7) is 1.92. The van der Waals surface area contributed by atoms with E-state index >= 15 is 0 Å². The SMILES string of the molecule is CCC=C[PH](=O)O.N=C=O. The highest BCUT2D eigenvalue weighted by Crippen LogP contribution is 2.13. The van der Waals surface area contributed by atoms with E-state index in [1.54, 1.807) is 6.08 Å². The molecule has 1 unspecified atom stereocenters. The molecule has 10 heavy (non-hydrogen) atoms. The Kier molecular flexibility index (Phi) is 13.4.